The molecule has 7 nitrogen and oxygen atoms in total. The van der Waals surface area contributed by atoms with Crippen molar-refractivity contribution in [3.8, 4) is 5.75 Å². The Morgan fingerprint density at radius 3 is 2.58 bits per heavy atom. The first-order valence-electron chi connectivity index (χ1n) is 7.16. The number of ether oxygens (including phenoxy) is 1. The third-order valence-corrected chi connectivity index (χ3v) is 4.56. The molecule has 0 aliphatic rings. The Labute approximate surface area is 140 Å². The van der Waals surface area contributed by atoms with E-state index >= 15 is 0 Å². The largest absolute Gasteiger partial charge is 0.497 e. The average Bonchev–Trinajstić information content (AvgIpc) is 2.54. The van der Waals surface area contributed by atoms with Gasteiger partial charge < -0.3 is 10.1 Å². The zero-order valence-electron chi connectivity index (χ0n) is 13.4. The summed E-state index contributed by atoms with van der Waals surface area (Å²) in [5, 5.41) is 14.0. The summed E-state index contributed by atoms with van der Waals surface area (Å²) >= 11 is 0. The van der Waals surface area contributed by atoms with Gasteiger partial charge in [0, 0.05) is 24.6 Å². The van der Waals surface area contributed by atoms with Crippen molar-refractivity contribution in [1.29, 1.82) is 0 Å². The van der Waals surface area contributed by atoms with E-state index in [-0.39, 0.29) is 4.90 Å². The maximum Gasteiger partial charge on any atom is 0.288 e. The summed E-state index contributed by atoms with van der Waals surface area (Å²) in [5.74, 6) is 0.766. The van der Waals surface area contributed by atoms with E-state index in [4.69, 9.17) is 4.74 Å². The fraction of sp³-hybridized carbons (Fsp3) is 0.250. The molecule has 0 saturated heterocycles. The molecule has 0 fully saturated rings. The topological polar surface area (TPSA) is 98.5 Å². The number of anilines is 1. The van der Waals surface area contributed by atoms with Crippen molar-refractivity contribution in [3.05, 3.63) is 58.1 Å². The minimum Gasteiger partial charge on any atom is -0.497 e. The Morgan fingerprint density at radius 2 is 1.96 bits per heavy atom. The first kappa shape index (κ1) is 17.7. The molecule has 0 aromatic heterocycles. The second kappa shape index (κ2) is 7.31. The van der Waals surface area contributed by atoms with E-state index in [1.165, 1.54) is 18.2 Å². The SMILES string of the molecule is COc1cccc(CCNc2ccc([N+](=O)[O-])c(S(C)(=O)=O)c2)c1. The molecule has 0 spiro atoms. The zero-order valence-corrected chi connectivity index (χ0v) is 14.2. The molecule has 2 aromatic carbocycles. The first-order chi connectivity index (χ1) is 11.3. The summed E-state index contributed by atoms with van der Waals surface area (Å²) < 4.78 is 28.6. The Balaban J connectivity index is 2.11. The average molecular weight is 350 g/mol. The highest BCUT2D eigenvalue weighted by atomic mass is 32.2. The van der Waals surface area contributed by atoms with Crippen LogP contribution in [0.15, 0.2) is 47.4 Å². The Kier molecular flexibility index (Phi) is 5.40. The van der Waals surface area contributed by atoms with E-state index in [1.807, 2.05) is 24.3 Å². The van der Waals surface area contributed by atoms with Gasteiger partial charge in [-0.1, -0.05) is 12.1 Å². The van der Waals surface area contributed by atoms with Crippen LogP contribution in [-0.2, 0) is 16.3 Å². The van der Waals surface area contributed by atoms with Gasteiger partial charge in [-0.2, -0.15) is 0 Å². The van der Waals surface area contributed by atoms with Crippen LogP contribution in [0.2, 0.25) is 0 Å². The highest BCUT2D eigenvalue weighted by Gasteiger charge is 2.22. The lowest BCUT2D eigenvalue weighted by Gasteiger charge is -2.09. The molecule has 8 heteroatoms. The molecule has 0 amide bonds. The lowest BCUT2D eigenvalue weighted by atomic mass is 10.1. The smallest absolute Gasteiger partial charge is 0.288 e. The van der Waals surface area contributed by atoms with Crippen LogP contribution in [0.5, 0.6) is 5.75 Å². The zero-order chi connectivity index (χ0) is 17.7. The van der Waals surface area contributed by atoms with Gasteiger partial charge in [0.15, 0.2) is 9.84 Å². The summed E-state index contributed by atoms with van der Waals surface area (Å²) in [5.41, 5.74) is 1.16. The number of nitro groups is 1. The molecule has 24 heavy (non-hydrogen) atoms. The van der Waals surface area contributed by atoms with Gasteiger partial charge in [0.1, 0.15) is 10.6 Å². The molecule has 0 aliphatic carbocycles. The summed E-state index contributed by atoms with van der Waals surface area (Å²) in [6.07, 6.45) is 1.65. The minimum absolute atomic E-state index is 0.293. The van der Waals surface area contributed by atoms with E-state index in [9.17, 15) is 18.5 Å². The fourth-order valence-electron chi connectivity index (χ4n) is 2.25. The molecule has 128 valence electrons. The number of nitro benzene ring substituents is 1. The number of benzene rings is 2. The van der Waals surface area contributed by atoms with Crippen molar-refractivity contribution in [2.24, 2.45) is 0 Å². The molecule has 2 rings (SSSR count). The van der Waals surface area contributed by atoms with Gasteiger partial charge in [0.05, 0.1) is 12.0 Å². The number of methoxy groups -OCH3 is 1. The van der Waals surface area contributed by atoms with Crippen LogP contribution >= 0.6 is 0 Å². The van der Waals surface area contributed by atoms with Crippen LogP contribution in [-0.4, -0.2) is 33.3 Å². The van der Waals surface area contributed by atoms with Crippen LogP contribution in [0.1, 0.15) is 5.56 Å². The molecule has 0 saturated carbocycles. The summed E-state index contributed by atoms with van der Waals surface area (Å²) in [7, 11) is -2.09. The molecular weight excluding hydrogens is 332 g/mol. The number of hydrogen-bond donors (Lipinski definition) is 1. The Morgan fingerprint density at radius 1 is 1.21 bits per heavy atom. The van der Waals surface area contributed by atoms with E-state index < -0.39 is 20.4 Å². The highest BCUT2D eigenvalue weighted by Crippen LogP contribution is 2.27. The number of sulfone groups is 1. The maximum atomic E-state index is 11.7. The van der Waals surface area contributed by atoms with Crippen molar-refractivity contribution in [1.82, 2.24) is 0 Å². The van der Waals surface area contributed by atoms with Crippen molar-refractivity contribution in [3.63, 3.8) is 0 Å². The quantitative estimate of drug-likeness (QED) is 0.609. The molecule has 0 heterocycles. The number of rotatable bonds is 7. The van der Waals surface area contributed by atoms with Gasteiger partial charge in [-0.05, 0) is 36.2 Å². The number of hydrogen-bond acceptors (Lipinski definition) is 6. The number of nitrogens with one attached hydrogen (secondary N) is 1. The third-order valence-electron chi connectivity index (χ3n) is 3.43. The predicted molar refractivity (Wildman–Crippen MR) is 91.4 cm³/mol. The van der Waals surface area contributed by atoms with E-state index in [0.717, 1.165) is 17.6 Å². The molecule has 2 aromatic rings. The lowest BCUT2D eigenvalue weighted by Crippen LogP contribution is -2.07. The molecule has 0 aliphatic heterocycles. The number of nitrogens with zero attached hydrogens (tertiary/aromatic N) is 1. The van der Waals surface area contributed by atoms with Gasteiger partial charge in [-0.15, -0.1) is 0 Å². The van der Waals surface area contributed by atoms with Crippen LogP contribution in [0.25, 0.3) is 0 Å². The summed E-state index contributed by atoms with van der Waals surface area (Å²) in [4.78, 5) is 9.96. The van der Waals surface area contributed by atoms with Gasteiger partial charge in [-0.25, -0.2) is 8.42 Å². The first-order valence-corrected chi connectivity index (χ1v) is 9.05. The van der Waals surface area contributed by atoms with Gasteiger partial charge in [-0.3, -0.25) is 10.1 Å². The fourth-order valence-corrected chi connectivity index (χ4v) is 3.11. The Hall–Kier alpha value is -2.61. The lowest BCUT2D eigenvalue weighted by molar-refractivity contribution is -0.387. The molecule has 0 radical (unpaired) electrons. The van der Waals surface area contributed by atoms with Crippen molar-refractivity contribution in [2.75, 3.05) is 25.2 Å². The molecule has 0 bridgehead atoms. The third kappa shape index (κ3) is 4.45. The normalized spacial score (nSPS) is 11.1. The van der Waals surface area contributed by atoms with Crippen LogP contribution in [0.4, 0.5) is 11.4 Å². The van der Waals surface area contributed by atoms with Crippen LogP contribution in [0.3, 0.4) is 0 Å². The molecular formula is C16H18N2O5S. The van der Waals surface area contributed by atoms with Crippen molar-refractivity contribution < 1.29 is 18.1 Å². The predicted octanol–water partition coefficient (Wildman–Crippen LogP) is 2.66. The van der Waals surface area contributed by atoms with E-state index in [1.54, 1.807) is 7.11 Å². The van der Waals surface area contributed by atoms with Crippen LogP contribution < -0.4 is 10.1 Å². The van der Waals surface area contributed by atoms with Gasteiger partial charge >= 0.3 is 0 Å². The van der Waals surface area contributed by atoms with Crippen molar-refractivity contribution in [2.45, 2.75) is 11.3 Å². The minimum atomic E-state index is -3.69. The monoisotopic (exact) mass is 350 g/mol. The maximum absolute atomic E-state index is 11.7. The van der Waals surface area contributed by atoms with E-state index in [2.05, 4.69) is 5.32 Å². The summed E-state index contributed by atoms with van der Waals surface area (Å²) in [6.45, 7) is 0.550. The molecule has 0 unspecified atom stereocenters. The van der Waals surface area contributed by atoms with Gasteiger partial charge in [0.25, 0.3) is 5.69 Å². The standard InChI is InChI=1S/C16H18N2O5S/c1-23-14-5-3-4-12(10-14)8-9-17-13-6-7-15(18(19)20)16(11-13)24(2,21)22/h3-7,10-11,17H,8-9H2,1-2H3. The molecule has 1 N–H and O–H groups in total. The van der Waals surface area contributed by atoms with Crippen LogP contribution in [0, 0.1) is 10.1 Å². The molecule has 0 atom stereocenters. The van der Waals surface area contributed by atoms with Crippen molar-refractivity contribution >= 4 is 21.2 Å². The Bertz CT molecular complexity index is 849. The summed E-state index contributed by atoms with van der Waals surface area (Å²) in [6, 6.07) is 11.6. The van der Waals surface area contributed by atoms with Gasteiger partial charge in [0.2, 0.25) is 0 Å². The van der Waals surface area contributed by atoms with E-state index in [0.29, 0.717) is 18.7 Å². The second-order valence-electron chi connectivity index (χ2n) is 5.24. The second-order valence-corrected chi connectivity index (χ2v) is 7.22. The highest BCUT2D eigenvalue weighted by molar-refractivity contribution is 7.90.